The third-order valence-electron chi connectivity index (χ3n) is 4.14. The molecule has 114 valence electrons. The molecule has 0 saturated heterocycles. The molecule has 2 aromatic heterocycles. The number of fused-ring (bicyclic) bond motifs is 5. The highest BCUT2D eigenvalue weighted by molar-refractivity contribution is 6.24. The molecule has 0 radical (unpaired) electrons. The number of H-pyrrole nitrogens is 2. The lowest BCUT2D eigenvalue weighted by molar-refractivity contribution is 0.101. The van der Waals surface area contributed by atoms with Crippen LogP contribution in [0.15, 0.2) is 38.3 Å². The summed E-state index contributed by atoms with van der Waals surface area (Å²) in [6, 6.07) is 7.50. The van der Waals surface area contributed by atoms with Gasteiger partial charge in [0.2, 0.25) is 5.71 Å². The zero-order valence-corrected chi connectivity index (χ0v) is 12.4. The molecule has 0 unspecified atom stereocenters. The van der Waals surface area contributed by atoms with E-state index in [4.69, 9.17) is 4.42 Å². The maximum Gasteiger partial charge on any atom is 0.328 e. The number of hydrogen-bond acceptors (Lipinski definition) is 4. The normalized spacial score (nSPS) is 11.6. The van der Waals surface area contributed by atoms with Crippen LogP contribution in [0.5, 0.6) is 0 Å². The lowest BCUT2D eigenvalue weighted by atomic mass is 9.94. The van der Waals surface area contributed by atoms with Crippen LogP contribution in [0.3, 0.4) is 0 Å². The van der Waals surface area contributed by atoms with Crippen LogP contribution < -0.4 is 11.2 Å². The summed E-state index contributed by atoms with van der Waals surface area (Å²) in [6.07, 6.45) is 0. The van der Waals surface area contributed by atoms with E-state index < -0.39 is 11.2 Å². The number of furan rings is 1. The summed E-state index contributed by atoms with van der Waals surface area (Å²) < 4.78 is 5.70. The zero-order chi connectivity index (χ0) is 16.3. The van der Waals surface area contributed by atoms with E-state index in [1.165, 1.54) is 6.92 Å². The van der Waals surface area contributed by atoms with Gasteiger partial charge in [0.15, 0.2) is 5.78 Å². The Hall–Kier alpha value is -3.15. The van der Waals surface area contributed by atoms with Gasteiger partial charge in [-0.2, -0.15) is 0 Å². The highest BCUT2D eigenvalue weighted by Crippen LogP contribution is 2.37. The monoisotopic (exact) mass is 308 g/mol. The van der Waals surface area contributed by atoms with E-state index in [0.29, 0.717) is 16.5 Å². The van der Waals surface area contributed by atoms with E-state index in [-0.39, 0.29) is 16.9 Å². The average Bonchev–Trinajstić information content (AvgIpc) is 2.86. The molecule has 2 heterocycles. The Balaban J connectivity index is 2.47. The van der Waals surface area contributed by atoms with Crippen molar-refractivity contribution in [3.63, 3.8) is 0 Å². The number of aryl methyl sites for hydroxylation is 1. The lowest BCUT2D eigenvalue weighted by Gasteiger charge is -2.08. The SMILES string of the molecule is CC(=O)c1c(C)c2ccccc2c2c1oc1[nH]c(=O)[nH]c(=O)c12. The molecular weight excluding hydrogens is 296 g/mol. The average molecular weight is 308 g/mol. The molecule has 4 aromatic rings. The molecule has 0 saturated carbocycles. The fourth-order valence-electron chi connectivity index (χ4n) is 3.23. The van der Waals surface area contributed by atoms with Gasteiger partial charge in [0.05, 0.1) is 5.56 Å². The molecule has 23 heavy (non-hydrogen) atoms. The number of aromatic amines is 2. The molecule has 4 rings (SSSR count). The number of hydrogen-bond donors (Lipinski definition) is 2. The van der Waals surface area contributed by atoms with Crippen molar-refractivity contribution in [3.05, 3.63) is 56.2 Å². The van der Waals surface area contributed by atoms with E-state index in [1.54, 1.807) is 0 Å². The number of carbonyl (C=O) groups excluding carboxylic acids is 1. The first-order valence-electron chi connectivity index (χ1n) is 7.10. The van der Waals surface area contributed by atoms with Gasteiger partial charge < -0.3 is 4.42 Å². The number of aromatic nitrogens is 2. The standard InChI is InChI=1S/C17H12N2O4/c1-7-9-5-3-4-6-10(9)12-13-15(21)18-17(22)19-16(13)23-14(12)11(7)8(2)20/h3-6H,1-2H3,(H2,18,19,21,22). The lowest BCUT2D eigenvalue weighted by Crippen LogP contribution is -2.21. The van der Waals surface area contributed by atoms with Gasteiger partial charge in [-0.3, -0.25) is 19.6 Å². The first-order chi connectivity index (χ1) is 11.0. The number of ketones is 1. The minimum Gasteiger partial charge on any atom is -0.439 e. The van der Waals surface area contributed by atoms with Gasteiger partial charge in [-0.15, -0.1) is 0 Å². The van der Waals surface area contributed by atoms with Gasteiger partial charge >= 0.3 is 5.69 Å². The second-order valence-corrected chi connectivity index (χ2v) is 5.52. The summed E-state index contributed by atoms with van der Waals surface area (Å²) in [4.78, 5) is 40.6. The number of benzene rings is 2. The Bertz CT molecular complexity index is 1240. The van der Waals surface area contributed by atoms with Crippen molar-refractivity contribution < 1.29 is 9.21 Å². The smallest absolute Gasteiger partial charge is 0.328 e. The van der Waals surface area contributed by atoms with Crippen LogP contribution >= 0.6 is 0 Å². The summed E-state index contributed by atoms with van der Waals surface area (Å²) >= 11 is 0. The van der Waals surface area contributed by atoms with Crippen LogP contribution in [-0.4, -0.2) is 15.8 Å². The van der Waals surface area contributed by atoms with Gasteiger partial charge in [0.1, 0.15) is 11.0 Å². The van der Waals surface area contributed by atoms with Crippen molar-refractivity contribution in [2.24, 2.45) is 0 Å². The molecule has 6 heteroatoms. The maximum absolute atomic E-state index is 12.3. The third kappa shape index (κ3) is 1.72. The number of rotatable bonds is 1. The van der Waals surface area contributed by atoms with Crippen LogP contribution in [0.2, 0.25) is 0 Å². The van der Waals surface area contributed by atoms with Crippen molar-refractivity contribution in [1.29, 1.82) is 0 Å². The molecule has 0 atom stereocenters. The minimum atomic E-state index is -0.646. The Morgan fingerprint density at radius 3 is 2.43 bits per heavy atom. The summed E-state index contributed by atoms with van der Waals surface area (Å²) in [5.74, 6) is -0.156. The molecule has 6 nitrogen and oxygen atoms in total. The molecule has 0 bridgehead atoms. The van der Waals surface area contributed by atoms with Crippen molar-refractivity contribution in [3.8, 4) is 0 Å². The summed E-state index contributed by atoms with van der Waals surface area (Å²) in [6.45, 7) is 3.30. The van der Waals surface area contributed by atoms with Crippen molar-refractivity contribution in [1.82, 2.24) is 9.97 Å². The third-order valence-corrected chi connectivity index (χ3v) is 4.14. The first kappa shape index (κ1) is 13.5. The Kier molecular flexibility index (Phi) is 2.60. The van der Waals surface area contributed by atoms with E-state index in [9.17, 15) is 14.4 Å². The number of Topliss-reactive ketones (excluding diaryl/α,β-unsaturated/α-hetero) is 1. The van der Waals surface area contributed by atoms with Crippen molar-refractivity contribution in [2.75, 3.05) is 0 Å². The summed E-state index contributed by atoms with van der Waals surface area (Å²) in [5, 5.41) is 2.47. The summed E-state index contributed by atoms with van der Waals surface area (Å²) in [5.41, 5.74) is 0.439. The second kappa shape index (κ2) is 4.42. The molecule has 0 aliphatic carbocycles. The molecule has 2 aromatic carbocycles. The predicted molar refractivity (Wildman–Crippen MR) is 87.2 cm³/mol. The second-order valence-electron chi connectivity index (χ2n) is 5.52. The molecule has 0 fully saturated rings. The molecule has 0 aliphatic heterocycles. The van der Waals surface area contributed by atoms with Crippen LogP contribution in [0, 0.1) is 6.92 Å². The van der Waals surface area contributed by atoms with Crippen molar-refractivity contribution >= 4 is 38.6 Å². The number of carbonyl (C=O) groups is 1. The van der Waals surface area contributed by atoms with E-state index in [0.717, 1.165) is 16.3 Å². The zero-order valence-electron chi connectivity index (χ0n) is 12.4. The topological polar surface area (TPSA) is 95.9 Å². The fraction of sp³-hybridized carbons (Fsp3) is 0.118. The van der Waals surface area contributed by atoms with Crippen LogP contribution in [0.1, 0.15) is 22.8 Å². The number of nitrogens with one attached hydrogen (secondary N) is 2. The quantitative estimate of drug-likeness (QED) is 0.528. The summed E-state index contributed by atoms with van der Waals surface area (Å²) in [7, 11) is 0. The molecular formula is C17H12N2O4. The first-order valence-corrected chi connectivity index (χ1v) is 7.10. The Morgan fingerprint density at radius 2 is 1.74 bits per heavy atom. The maximum atomic E-state index is 12.3. The van der Waals surface area contributed by atoms with E-state index >= 15 is 0 Å². The van der Waals surface area contributed by atoms with E-state index in [2.05, 4.69) is 9.97 Å². The van der Waals surface area contributed by atoms with Crippen LogP contribution in [0.4, 0.5) is 0 Å². The van der Waals surface area contributed by atoms with E-state index in [1.807, 2.05) is 31.2 Å². The van der Waals surface area contributed by atoms with Crippen LogP contribution in [-0.2, 0) is 0 Å². The Labute approximate surface area is 128 Å². The fourth-order valence-corrected chi connectivity index (χ4v) is 3.23. The molecule has 0 aliphatic rings. The highest BCUT2D eigenvalue weighted by atomic mass is 16.3. The molecule has 2 N–H and O–H groups in total. The largest absolute Gasteiger partial charge is 0.439 e. The van der Waals surface area contributed by atoms with Crippen molar-refractivity contribution in [2.45, 2.75) is 13.8 Å². The van der Waals surface area contributed by atoms with Gasteiger partial charge in [-0.25, -0.2) is 4.79 Å². The molecule has 0 amide bonds. The van der Waals surface area contributed by atoms with Gasteiger partial charge in [0, 0.05) is 5.39 Å². The molecule has 0 spiro atoms. The minimum absolute atomic E-state index is 0.0759. The highest BCUT2D eigenvalue weighted by Gasteiger charge is 2.22. The predicted octanol–water partition coefficient (Wildman–Crippen LogP) is 2.63. The van der Waals surface area contributed by atoms with Gasteiger partial charge in [-0.1, -0.05) is 24.3 Å². The Morgan fingerprint density at radius 1 is 1.04 bits per heavy atom. The van der Waals surface area contributed by atoms with Gasteiger partial charge in [-0.05, 0) is 30.2 Å². The van der Waals surface area contributed by atoms with Gasteiger partial charge in [0.25, 0.3) is 5.56 Å². The van der Waals surface area contributed by atoms with Crippen LogP contribution in [0.25, 0.3) is 32.8 Å².